The third-order valence-electron chi connectivity index (χ3n) is 1.85. The molecule has 0 aliphatic rings. The lowest BCUT2D eigenvalue weighted by Gasteiger charge is -1.99. The van der Waals surface area contributed by atoms with Crippen LogP contribution in [0.15, 0.2) is 22.4 Å². The summed E-state index contributed by atoms with van der Waals surface area (Å²) in [5.41, 5.74) is 0.291. The Morgan fingerprint density at radius 2 is 2.21 bits per heavy atom. The van der Waals surface area contributed by atoms with E-state index >= 15 is 0 Å². The molecule has 0 fully saturated rings. The van der Waals surface area contributed by atoms with Gasteiger partial charge in [0, 0.05) is 23.9 Å². The van der Waals surface area contributed by atoms with Crippen LogP contribution in [-0.2, 0) is 0 Å². The molecule has 0 radical (unpaired) electrons. The van der Waals surface area contributed by atoms with Gasteiger partial charge < -0.3 is 5.11 Å². The van der Waals surface area contributed by atoms with E-state index in [-0.39, 0.29) is 0 Å². The monoisotopic (exact) mass is 336 g/mol. The quantitative estimate of drug-likeness (QED) is 0.618. The van der Waals surface area contributed by atoms with Gasteiger partial charge in [0.1, 0.15) is 0 Å². The number of carboxylic acid groups (broad SMARTS) is 1. The van der Waals surface area contributed by atoms with Gasteiger partial charge in [-0.1, -0.05) is 0 Å². The first kappa shape index (κ1) is 10.3. The maximum atomic E-state index is 10.8. The Morgan fingerprint density at radius 1 is 1.50 bits per heavy atom. The third kappa shape index (κ3) is 1.64. The fraction of sp³-hybridized carbons (Fsp3) is 0. The lowest BCUT2D eigenvalue weighted by molar-refractivity contribution is 0.0697. The van der Waals surface area contributed by atoms with Crippen molar-refractivity contribution in [3.05, 3.63) is 26.6 Å². The van der Waals surface area contributed by atoms with Crippen LogP contribution in [0.2, 0.25) is 0 Å². The fourth-order valence-electron chi connectivity index (χ4n) is 1.21. The molecule has 1 aromatic carbocycles. The van der Waals surface area contributed by atoms with Crippen molar-refractivity contribution in [3.8, 4) is 0 Å². The van der Waals surface area contributed by atoms with Crippen LogP contribution in [0.4, 0.5) is 0 Å². The summed E-state index contributed by atoms with van der Waals surface area (Å²) in [4.78, 5) is 11.5. The summed E-state index contributed by atoms with van der Waals surface area (Å²) in [7, 11) is 0. The molecule has 0 bridgehead atoms. The standard InChI is InChI=1S/C9H5IO2S2/c10-6-3-14-8-5(6)1-4(9(11)12)2-7(8)13/h1-3,13H,(H,11,12). The van der Waals surface area contributed by atoms with Crippen molar-refractivity contribution in [1.82, 2.24) is 0 Å². The summed E-state index contributed by atoms with van der Waals surface area (Å²) in [6.07, 6.45) is 0. The lowest BCUT2D eigenvalue weighted by Crippen LogP contribution is -1.95. The van der Waals surface area contributed by atoms with Crippen LogP contribution >= 0.6 is 46.6 Å². The van der Waals surface area contributed by atoms with Gasteiger partial charge in [0.05, 0.1) is 5.56 Å². The topological polar surface area (TPSA) is 37.3 Å². The average molecular weight is 336 g/mol. The Balaban J connectivity index is 2.82. The van der Waals surface area contributed by atoms with Crippen molar-refractivity contribution in [2.24, 2.45) is 0 Å². The summed E-state index contributed by atoms with van der Waals surface area (Å²) < 4.78 is 2.11. The molecular weight excluding hydrogens is 331 g/mol. The highest BCUT2D eigenvalue weighted by molar-refractivity contribution is 14.1. The van der Waals surface area contributed by atoms with E-state index in [1.54, 1.807) is 23.5 Å². The zero-order valence-electron chi connectivity index (χ0n) is 6.82. The zero-order chi connectivity index (χ0) is 10.3. The second-order valence-electron chi connectivity index (χ2n) is 2.76. The molecule has 1 aromatic heterocycles. The van der Waals surface area contributed by atoms with E-state index < -0.39 is 5.97 Å². The largest absolute Gasteiger partial charge is 0.478 e. The Morgan fingerprint density at radius 3 is 2.86 bits per heavy atom. The first-order chi connectivity index (χ1) is 6.59. The zero-order valence-corrected chi connectivity index (χ0v) is 10.7. The summed E-state index contributed by atoms with van der Waals surface area (Å²) in [5.74, 6) is -0.913. The molecule has 1 N–H and O–H groups in total. The summed E-state index contributed by atoms with van der Waals surface area (Å²) in [6.45, 7) is 0. The molecule has 0 saturated carbocycles. The molecule has 0 saturated heterocycles. The van der Waals surface area contributed by atoms with Gasteiger partial charge in [-0.3, -0.25) is 0 Å². The van der Waals surface area contributed by atoms with Gasteiger partial charge in [-0.05, 0) is 34.7 Å². The minimum absolute atomic E-state index is 0.291. The SMILES string of the molecule is O=C(O)c1cc(S)c2scc(I)c2c1. The predicted molar refractivity (Wildman–Crippen MR) is 68.8 cm³/mol. The van der Waals surface area contributed by atoms with E-state index in [1.165, 1.54) is 0 Å². The second-order valence-corrected chi connectivity index (χ2v) is 5.28. The number of rotatable bonds is 1. The van der Waals surface area contributed by atoms with Crippen LogP contribution < -0.4 is 0 Å². The van der Waals surface area contributed by atoms with Gasteiger partial charge in [0.25, 0.3) is 0 Å². The van der Waals surface area contributed by atoms with E-state index in [0.29, 0.717) is 5.56 Å². The third-order valence-corrected chi connectivity index (χ3v) is 4.70. The van der Waals surface area contributed by atoms with Crippen LogP contribution in [0.25, 0.3) is 10.1 Å². The van der Waals surface area contributed by atoms with Gasteiger partial charge >= 0.3 is 5.97 Å². The number of carboxylic acids is 1. The number of hydrogen-bond donors (Lipinski definition) is 2. The lowest BCUT2D eigenvalue weighted by atomic mass is 10.2. The maximum absolute atomic E-state index is 10.8. The first-order valence-corrected chi connectivity index (χ1v) is 6.13. The van der Waals surface area contributed by atoms with Crippen molar-refractivity contribution >= 4 is 62.6 Å². The van der Waals surface area contributed by atoms with Crippen molar-refractivity contribution < 1.29 is 9.90 Å². The average Bonchev–Trinajstić information content (AvgIpc) is 2.48. The number of fused-ring (bicyclic) bond motifs is 1. The van der Waals surface area contributed by atoms with E-state index in [0.717, 1.165) is 18.6 Å². The van der Waals surface area contributed by atoms with Gasteiger partial charge in [-0.25, -0.2) is 4.79 Å². The summed E-state index contributed by atoms with van der Waals surface area (Å²) in [5, 5.41) is 11.8. The van der Waals surface area contributed by atoms with Gasteiger partial charge in [0.2, 0.25) is 0 Å². The molecule has 0 amide bonds. The van der Waals surface area contributed by atoms with Crippen LogP contribution in [-0.4, -0.2) is 11.1 Å². The van der Waals surface area contributed by atoms with Crippen LogP contribution in [0.1, 0.15) is 10.4 Å². The van der Waals surface area contributed by atoms with E-state index in [9.17, 15) is 4.79 Å². The molecule has 2 nitrogen and oxygen atoms in total. The normalized spacial score (nSPS) is 10.7. The fourth-order valence-corrected chi connectivity index (χ4v) is 3.44. The molecular formula is C9H5IO2S2. The van der Waals surface area contributed by atoms with Crippen molar-refractivity contribution in [1.29, 1.82) is 0 Å². The van der Waals surface area contributed by atoms with Gasteiger partial charge in [0.15, 0.2) is 0 Å². The van der Waals surface area contributed by atoms with Crippen LogP contribution in [0.3, 0.4) is 0 Å². The molecule has 5 heteroatoms. The maximum Gasteiger partial charge on any atom is 0.335 e. The Labute approximate surface area is 103 Å². The number of thiophene rings is 1. The molecule has 2 rings (SSSR count). The first-order valence-electron chi connectivity index (χ1n) is 3.72. The highest BCUT2D eigenvalue weighted by Crippen LogP contribution is 2.33. The van der Waals surface area contributed by atoms with Gasteiger partial charge in [-0.15, -0.1) is 24.0 Å². The molecule has 0 aliphatic heterocycles. The summed E-state index contributed by atoms with van der Waals surface area (Å²) in [6, 6.07) is 3.27. The van der Waals surface area contributed by atoms with E-state index in [1.807, 2.05) is 5.38 Å². The molecule has 0 unspecified atom stereocenters. The van der Waals surface area contributed by atoms with E-state index in [2.05, 4.69) is 35.2 Å². The molecule has 0 atom stereocenters. The van der Waals surface area contributed by atoms with Crippen molar-refractivity contribution in [2.75, 3.05) is 0 Å². The highest BCUT2D eigenvalue weighted by atomic mass is 127. The number of hydrogen-bond acceptors (Lipinski definition) is 3. The smallest absolute Gasteiger partial charge is 0.335 e. The minimum Gasteiger partial charge on any atom is -0.478 e. The Hall–Kier alpha value is -0.270. The number of thiol groups is 1. The van der Waals surface area contributed by atoms with Crippen LogP contribution in [0, 0.1) is 3.57 Å². The van der Waals surface area contributed by atoms with Crippen LogP contribution in [0.5, 0.6) is 0 Å². The summed E-state index contributed by atoms with van der Waals surface area (Å²) >= 11 is 8.05. The van der Waals surface area contributed by atoms with Crippen molar-refractivity contribution in [3.63, 3.8) is 0 Å². The Bertz CT molecular complexity index is 519. The molecule has 14 heavy (non-hydrogen) atoms. The second kappa shape index (κ2) is 3.71. The van der Waals surface area contributed by atoms with Gasteiger partial charge in [-0.2, -0.15) is 0 Å². The molecule has 0 spiro atoms. The molecule has 2 aromatic rings. The number of carbonyl (C=O) groups is 1. The Kier molecular flexibility index (Phi) is 2.72. The minimum atomic E-state index is -0.913. The molecule has 0 aliphatic carbocycles. The predicted octanol–water partition coefficient (Wildman–Crippen LogP) is 3.49. The highest BCUT2D eigenvalue weighted by Gasteiger charge is 2.10. The number of benzene rings is 1. The van der Waals surface area contributed by atoms with Crippen molar-refractivity contribution in [2.45, 2.75) is 4.90 Å². The number of aromatic carboxylic acids is 1. The molecule has 1 heterocycles. The molecule has 72 valence electrons. The number of halogens is 1. The van der Waals surface area contributed by atoms with E-state index in [4.69, 9.17) is 5.11 Å².